The Morgan fingerprint density at radius 3 is 2.85 bits per heavy atom. The van der Waals surface area contributed by atoms with Gasteiger partial charge in [0.15, 0.2) is 0 Å². The minimum atomic E-state index is -0.174. The van der Waals surface area contributed by atoms with Crippen molar-refractivity contribution in [1.82, 2.24) is 0 Å². The topological polar surface area (TPSA) is 68.3 Å². The van der Waals surface area contributed by atoms with E-state index >= 15 is 0 Å². The van der Waals surface area contributed by atoms with Crippen molar-refractivity contribution in [2.75, 3.05) is 5.32 Å². The Morgan fingerprint density at radius 1 is 1.15 bits per heavy atom. The number of nitrogens with two attached hydrogens (primary N) is 1. The number of furan rings is 1. The van der Waals surface area contributed by atoms with E-state index in [1.54, 1.807) is 18.4 Å². The predicted octanol–water partition coefficient (Wildman–Crippen LogP) is 3.14. The van der Waals surface area contributed by atoms with E-state index in [9.17, 15) is 4.79 Å². The van der Waals surface area contributed by atoms with Gasteiger partial charge in [0, 0.05) is 17.5 Å². The molecular formula is C16H14N2O2. The highest BCUT2D eigenvalue weighted by Crippen LogP contribution is 2.25. The maximum Gasteiger partial charge on any atom is 0.255 e. The summed E-state index contributed by atoms with van der Waals surface area (Å²) in [5.41, 5.74) is 8.51. The fraction of sp³-hybridized carbons (Fsp3) is 0.0625. The third-order valence-electron chi connectivity index (χ3n) is 3.15. The smallest absolute Gasteiger partial charge is 0.255 e. The molecule has 0 fully saturated rings. The number of para-hydroxylation sites is 1. The van der Waals surface area contributed by atoms with E-state index in [1.165, 1.54) is 0 Å². The van der Waals surface area contributed by atoms with Crippen molar-refractivity contribution in [3.8, 4) is 0 Å². The summed E-state index contributed by atoms with van der Waals surface area (Å²) < 4.78 is 5.40. The largest absolute Gasteiger partial charge is 0.462 e. The van der Waals surface area contributed by atoms with Gasteiger partial charge in [0.2, 0.25) is 0 Å². The summed E-state index contributed by atoms with van der Waals surface area (Å²) in [6.07, 6.45) is 1.55. The van der Waals surface area contributed by atoms with Crippen molar-refractivity contribution in [1.29, 1.82) is 0 Å². The van der Waals surface area contributed by atoms with Crippen molar-refractivity contribution in [3.63, 3.8) is 0 Å². The molecule has 2 aromatic carbocycles. The highest BCUT2D eigenvalue weighted by atomic mass is 16.3. The molecule has 0 aliphatic heterocycles. The maximum atomic E-state index is 12.2. The van der Waals surface area contributed by atoms with Gasteiger partial charge in [-0.15, -0.1) is 0 Å². The van der Waals surface area contributed by atoms with Crippen LogP contribution in [-0.4, -0.2) is 5.91 Å². The van der Waals surface area contributed by atoms with Crippen LogP contribution in [-0.2, 0) is 6.54 Å². The molecule has 0 radical (unpaired) electrons. The van der Waals surface area contributed by atoms with Gasteiger partial charge in [-0.05, 0) is 29.8 Å². The summed E-state index contributed by atoms with van der Waals surface area (Å²) in [6, 6.07) is 14.8. The Labute approximate surface area is 116 Å². The van der Waals surface area contributed by atoms with Crippen molar-refractivity contribution in [3.05, 3.63) is 65.9 Å². The molecular weight excluding hydrogens is 252 g/mol. The Morgan fingerprint density at radius 2 is 2.00 bits per heavy atom. The van der Waals surface area contributed by atoms with Crippen LogP contribution in [0.5, 0.6) is 0 Å². The van der Waals surface area contributed by atoms with E-state index in [4.69, 9.17) is 10.2 Å². The molecule has 3 N–H and O–H groups in total. The molecule has 0 saturated heterocycles. The lowest BCUT2D eigenvalue weighted by Gasteiger charge is -2.04. The third kappa shape index (κ3) is 2.29. The first-order valence-electron chi connectivity index (χ1n) is 6.34. The van der Waals surface area contributed by atoms with Gasteiger partial charge in [-0.2, -0.15) is 0 Å². The number of fused-ring (bicyclic) bond motifs is 1. The molecule has 0 spiro atoms. The number of anilines is 1. The van der Waals surface area contributed by atoms with Crippen LogP contribution in [0.15, 0.2) is 59.2 Å². The van der Waals surface area contributed by atoms with E-state index < -0.39 is 0 Å². The van der Waals surface area contributed by atoms with Crippen LogP contribution in [0.2, 0.25) is 0 Å². The van der Waals surface area contributed by atoms with Gasteiger partial charge in [-0.25, -0.2) is 0 Å². The molecule has 0 aliphatic carbocycles. The van der Waals surface area contributed by atoms with Gasteiger partial charge in [0.1, 0.15) is 11.8 Å². The Kier molecular flexibility index (Phi) is 3.23. The van der Waals surface area contributed by atoms with Crippen molar-refractivity contribution in [2.24, 2.45) is 5.73 Å². The Bertz CT molecular complexity index is 762. The second kappa shape index (κ2) is 5.19. The first kappa shape index (κ1) is 12.4. The van der Waals surface area contributed by atoms with E-state index in [-0.39, 0.29) is 5.91 Å². The van der Waals surface area contributed by atoms with Crippen molar-refractivity contribution >= 4 is 22.6 Å². The quantitative estimate of drug-likeness (QED) is 0.765. The maximum absolute atomic E-state index is 12.2. The number of amides is 1. The standard InChI is InChI=1S/C16H14N2O2/c17-9-11-4-3-5-12(8-11)16(19)18-14-10-20-15-7-2-1-6-13(14)15/h1-8,10H,9,17H2,(H,18,19). The van der Waals surface area contributed by atoms with Crippen LogP contribution in [0.4, 0.5) is 5.69 Å². The van der Waals surface area contributed by atoms with E-state index in [2.05, 4.69) is 5.32 Å². The summed E-state index contributed by atoms with van der Waals surface area (Å²) in [4.78, 5) is 12.2. The minimum Gasteiger partial charge on any atom is -0.462 e. The summed E-state index contributed by atoms with van der Waals surface area (Å²) in [5.74, 6) is -0.174. The number of hydrogen-bond donors (Lipinski definition) is 2. The molecule has 0 atom stereocenters. The van der Waals surface area contributed by atoms with Gasteiger partial charge in [-0.3, -0.25) is 4.79 Å². The second-order valence-electron chi connectivity index (χ2n) is 4.50. The van der Waals surface area contributed by atoms with Gasteiger partial charge in [0.25, 0.3) is 5.91 Å². The molecule has 0 saturated carbocycles. The highest BCUT2D eigenvalue weighted by molar-refractivity contribution is 6.08. The number of nitrogens with one attached hydrogen (secondary N) is 1. The van der Waals surface area contributed by atoms with Crippen molar-refractivity contribution in [2.45, 2.75) is 6.54 Å². The van der Waals surface area contributed by atoms with Crippen LogP contribution in [0, 0.1) is 0 Å². The average molecular weight is 266 g/mol. The SMILES string of the molecule is NCc1cccc(C(=O)Nc2coc3ccccc23)c1. The molecule has 3 rings (SSSR count). The zero-order valence-corrected chi connectivity index (χ0v) is 10.8. The molecule has 0 aliphatic rings. The van der Waals surface area contributed by atoms with E-state index in [1.807, 2.05) is 36.4 Å². The summed E-state index contributed by atoms with van der Waals surface area (Å²) >= 11 is 0. The summed E-state index contributed by atoms with van der Waals surface area (Å²) in [6.45, 7) is 0.412. The molecule has 1 aromatic heterocycles. The molecule has 20 heavy (non-hydrogen) atoms. The fourth-order valence-corrected chi connectivity index (χ4v) is 2.11. The normalized spacial score (nSPS) is 10.7. The zero-order valence-electron chi connectivity index (χ0n) is 10.8. The number of carbonyl (C=O) groups is 1. The number of hydrogen-bond acceptors (Lipinski definition) is 3. The molecule has 3 aromatic rings. The van der Waals surface area contributed by atoms with E-state index in [0.29, 0.717) is 17.8 Å². The molecule has 4 heteroatoms. The Hall–Kier alpha value is -2.59. The monoisotopic (exact) mass is 266 g/mol. The van der Waals surface area contributed by atoms with Crippen LogP contribution in [0.3, 0.4) is 0 Å². The number of carbonyl (C=O) groups excluding carboxylic acids is 1. The molecule has 4 nitrogen and oxygen atoms in total. The summed E-state index contributed by atoms with van der Waals surface area (Å²) in [5, 5.41) is 3.74. The lowest BCUT2D eigenvalue weighted by molar-refractivity contribution is 0.102. The van der Waals surface area contributed by atoms with Gasteiger partial charge < -0.3 is 15.5 Å². The molecule has 0 unspecified atom stereocenters. The van der Waals surface area contributed by atoms with E-state index in [0.717, 1.165) is 16.5 Å². The highest BCUT2D eigenvalue weighted by Gasteiger charge is 2.10. The molecule has 100 valence electrons. The van der Waals surface area contributed by atoms with Crippen LogP contribution in [0.1, 0.15) is 15.9 Å². The molecule has 0 bridgehead atoms. The fourth-order valence-electron chi connectivity index (χ4n) is 2.11. The van der Waals surface area contributed by atoms with Crippen LogP contribution < -0.4 is 11.1 Å². The van der Waals surface area contributed by atoms with Crippen LogP contribution in [0.25, 0.3) is 11.0 Å². The number of rotatable bonds is 3. The van der Waals surface area contributed by atoms with Crippen LogP contribution >= 0.6 is 0 Å². The van der Waals surface area contributed by atoms with Gasteiger partial charge >= 0.3 is 0 Å². The second-order valence-corrected chi connectivity index (χ2v) is 4.50. The molecule has 1 amide bonds. The first-order valence-corrected chi connectivity index (χ1v) is 6.34. The number of benzene rings is 2. The Balaban J connectivity index is 1.88. The average Bonchev–Trinajstić information content (AvgIpc) is 2.90. The summed E-state index contributed by atoms with van der Waals surface area (Å²) in [7, 11) is 0. The predicted molar refractivity (Wildman–Crippen MR) is 78.5 cm³/mol. The van der Waals surface area contributed by atoms with Crippen molar-refractivity contribution < 1.29 is 9.21 Å². The lowest BCUT2D eigenvalue weighted by Crippen LogP contribution is -2.12. The minimum absolute atomic E-state index is 0.174. The molecule has 1 heterocycles. The van der Waals surface area contributed by atoms with Gasteiger partial charge in [0.05, 0.1) is 5.69 Å². The third-order valence-corrected chi connectivity index (χ3v) is 3.15. The first-order chi connectivity index (χ1) is 9.78. The zero-order chi connectivity index (χ0) is 13.9. The van der Waals surface area contributed by atoms with Gasteiger partial charge in [-0.1, -0.05) is 24.3 Å². The lowest BCUT2D eigenvalue weighted by atomic mass is 10.1.